The summed E-state index contributed by atoms with van der Waals surface area (Å²) < 4.78 is 0. The van der Waals surface area contributed by atoms with Crippen molar-refractivity contribution >= 4 is 5.69 Å². The van der Waals surface area contributed by atoms with Gasteiger partial charge in [0.2, 0.25) is 0 Å². The number of nitrogens with one attached hydrogen (secondary N) is 1. The minimum Gasteiger partial charge on any atom is -0.316 e. The summed E-state index contributed by atoms with van der Waals surface area (Å²) >= 11 is 0. The largest absolute Gasteiger partial charge is 0.316 e. The van der Waals surface area contributed by atoms with Gasteiger partial charge in [-0.05, 0) is 38.9 Å². The lowest BCUT2D eigenvalue weighted by atomic mass is 10.0. The second kappa shape index (κ2) is 6.12. The summed E-state index contributed by atoms with van der Waals surface area (Å²) in [7, 11) is 1.99. The van der Waals surface area contributed by atoms with Crippen molar-refractivity contribution in [3.05, 3.63) is 39.9 Å². The molecule has 0 aromatic heterocycles. The third-order valence-corrected chi connectivity index (χ3v) is 3.97. The van der Waals surface area contributed by atoms with Crippen molar-refractivity contribution < 1.29 is 4.92 Å². The van der Waals surface area contributed by atoms with Crippen molar-refractivity contribution in [3.8, 4) is 0 Å². The molecule has 1 fully saturated rings. The Morgan fingerprint density at radius 2 is 2.32 bits per heavy atom. The molecule has 2 rings (SSSR count). The van der Waals surface area contributed by atoms with Crippen LogP contribution >= 0.6 is 0 Å². The van der Waals surface area contributed by atoms with Gasteiger partial charge in [0.05, 0.1) is 4.92 Å². The standard InChI is InChI=1S/C14H21N3O2/c1-11(16-8-4-6-13(10-16)15-2)12-5-3-7-14(9-12)17(18)19/h3,5,7,9,11,13,15H,4,6,8,10H2,1-2H3. The van der Waals surface area contributed by atoms with E-state index in [1.807, 2.05) is 13.1 Å². The summed E-state index contributed by atoms with van der Waals surface area (Å²) in [6.07, 6.45) is 2.37. The zero-order valence-corrected chi connectivity index (χ0v) is 11.5. The maximum absolute atomic E-state index is 10.8. The molecule has 0 saturated carbocycles. The van der Waals surface area contributed by atoms with Crippen molar-refractivity contribution in [2.24, 2.45) is 0 Å². The fourth-order valence-corrected chi connectivity index (χ4v) is 2.70. The number of hydrogen-bond donors (Lipinski definition) is 1. The number of nitro benzene ring substituents is 1. The van der Waals surface area contributed by atoms with Gasteiger partial charge in [-0.25, -0.2) is 0 Å². The molecule has 1 aliphatic rings. The molecule has 1 heterocycles. The van der Waals surface area contributed by atoms with E-state index in [-0.39, 0.29) is 16.7 Å². The third kappa shape index (κ3) is 3.30. The number of rotatable bonds is 4. The fourth-order valence-electron chi connectivity index (χ4n) is 2.70. The van der Waals surface area contributed by atoms with Gasteiger partial charge in [0.1, 0.15) is 0 Å². The van der Waals surface area contributed by atoms with Crippen LogP contribution < -0.4 is 5.32 Å². The average molecular weight is 263 g/mol. The maximum atomic E-state index is 10.8. The maximum Gasteiger partial charge on any atom is 0.269 e. The Balaban J connectivity index is 2.12. The van der Waals surface area contributed by atoms with Gasteiger partial charge in [-0.2, -0.15) is 0 Å². The second-order valence-electron chi connectivity index (χ2n) is 5.15. The van der Waals surface area contributed by atoms with E-state index < -0.39 is 0 Å². The zero-order chi connectivity index (χ0) is 13.8. The van der Waals surface area contributed by atoms with Crippen molar-refractivity contribution in [1.82, 2.24) is 10.2 Å². The summed E-state index contributed by atoms with van der Waals surface area (Å²) in [6.45, 7) is 4.18. The lowest BCUT2D eigenvalue weighted by molar-refractivity contribution is -0.384. The molecule has 0 amide bonds. The number of benzene rings is 1. The molecular weight excluding hydrogens is 242 g/mol. The first kappa shape index (κ1) is 14.0. The minimum absolute atomic E-state index is 0.173. The normalized spacial score (nSPS) is 22.1. The van der Waals surface area contributed by atoms with Gasteiger partial charge in [0.15, 0.2) is 0 Å². The van der Waals surface area contributed by atoms with Gasteiger partial charge in [-0.1, -0.05) is 12.1 Å². The SMILES string of the molecule is CNC1CCCN(C(C)c2cccc([N+](=O)[O-])c2)C1. The Morgan fingerprint density at radius 3 is 3.00 bits per heavy atom. The highest BCUT2D eigenvalue weighted by atomic mass is 16.6. The van der Waals surface area contributed by atoms with Crippen molar-refractivity contribution in [1.29, 1.82) is 0 Å². The molecule has 0 radical (unpaired) electrons. The number of nitrogens with zero attached hydrogens (tertiary/aromatic N) is 2. The summed E-state index contributed by atoms with van der Waals surface area (Å²) in [5.41, 5.74) is 1.19. The van der Waals surface area contributed by atoms with E-state index in [9.17, 15) is 10.1 Å². The third-order valence-electron chi connectivity index (χ3n) is 3.97. The molecule has 1 aromatic rings. The quantitative estimate of drug-likeness (QED) is 0.669. The highest BCUT2D eigenvalue weighted by molar-refractivity contribution is 5.35. The molecule has 2 unspecified atom stereocenters. The molecule has 1 aliphatic heterocycles. The molecule has 1 N–H and O–H groups in total. The van der Waals surface area contributed by atoms with Gasteiger partial charge < -0.3 is 5.32 Å². The highest BCUT2D eigenvalue weighted by Crippen LogP contribution is 2.26. The molecule has 5 nitrogen and oxygen atoms in total. The number of hydrogen-bond acceptors (Lipinski definition) is 4. The fraction of sp³-hybridized carbons (Fsp3) is 0.571. The first-order valence-electron chi connectivity index (χ1n) is 6.77. The number of nitro groups is 1. The van der Waals surface area contributed by atoms with Crippen LogP contribution in [-0.2, 0) is 0 Å². The molecular formula is C14H21N3O2. The Kier molecular flexibility index (Phi) is 4.50. The average Bonchev–Trinajstić information content (AvgIpc) is 2.46. The van der Waals surface area contributed by atoms with E-state index in [1.165, 1.54) is 12.8 Å². The van der Waals surface area contributed by atoms with Gasteiger partial charge in [0, 0.05) is 30.8 Å². The van der Waals surface area contributed by atoms with Crippen LogP contribution in [0.2, 0.25) is 0 Å². The van der Waals surface area contributed by atoms with Crippen molar-refractivity contribution in [3.63, 3.8) is 0 Å². The Bertz CT molecular complexity index is 450. The highest BCUT2D eigenvalue weighted by Gasteiger charge is 2.24. The van der Waals surface area contributed by atoms with E-state index in [2.05, 4.69) is 17.1 Å². The van der Waals surface area contributed by atoms with E-state index in [0.717, 1.165) is 18.7 Å². The summed E-state index contributed by atoms with van der Waals surface area (Å²) in [6, 6.07) is 7.71. The molecule has 0 bridgehead atoms. The lowest BCUT2D eigenvalue weighted by Gasteiger charge is -2.36. The number of non-ortho nitro benzene ring substituents is 1. The Morgan fingerprint density at radius 1 is 1.53 bits per heavy atom. The minimum atomic E-state index is -0.331. The van der Waals surface area contributed by atoms with E-state index in [0.29, 0.717) is 6.04 Å². The zero-order valence-electron chi connectivity index (χ0n) is 11.5. The number of likely N-dealkylation sites (N-methyl/N-ethyl adjacent to an activating group) is 1. The van der Waals surface area contributed by atoms with Gasteiger partial charge in [-0.3, -0.25) is 15.0 Å². The Labute approximate surface area is 113 Å². The van der Waals surface area contributed by atoms with Crippen molar-refractivity contribution in [2.45, 2.75) is 31.8 Å². The first-order valence-corrected chi connectivity index (χ1v) is 6.77. The summed E-state index contributed by atoms with van der Waals surface area (Å²) in [5.74, 6) is 0. The van der Waals surface area contributed by atoms with Crippen LogP contribution in [0.15, 0.2) is 24.3 Å². The van der Waals surface area contributed by atoms with Gasteiger partial charge in [-0.15, -0.1) is 0 Å². The molecule has 0 spiro atoms. The van der Waals surface area contributed by atoms with Crippen LogP contribution in [0.25, 0.3) is 0 Å². The smallest absolute Gasteiger partial charge is 0.269 e. The van der Waals surface area contributed by atoms with Crippen LogP contribution in [0, 0.1) is 10.1 Å². The predicted octanol–water partition coefficient (Wildman–Crippen LogP) is 2.34. The lowest BCUT2D eigenvalue weighted by Crippen LogP contribution is -2.45. The molecule has 104 valence electrons. The van der Waals surface area contributed by atoms with E-state index >= 15 is 0 Å². The molecule has 0 aliphatic carbocycles. The van der Waals surface area contributed by atoms with Crippen LogP contribution in [0.5, 0.6) is 0 Å². The van der Waals surface area contributed by atoms with Crippen LogP contribution in [0.3, 0.4) is 0 Å². The van der Waals surface area contributed by atoms with Gasteiger partial charge >= 0.3 is 0 Å². The predicted molar refractivity (Wildman–Crippen MR) is 75.2 cm³/mol. The first-order chi connectivity index (χ1) is 9.11. The monoisotopic (exact) mass is 263 g/mol. The summed E-state index contributed by atoms with van der Waals surface area (Å²) in [4.78, 5) is 12.9. The number of piperidine rings is 1. The van der Waals surface area contributed by atoms with Crippen LogP contribution in [0.4, 0.5) is 5.69 Å². The molecule has 19 heavy (non-hydrogen) atoms. The van der Waals surface area contributed by atoms with Crippen LogP contribution in [0.1, 0.15) is 31.4 Å². The van der Waals surface area contributed by atoms with Crippen molar-refractivity contribution in [2.75, 3.05) is 20.1 Å². The Hall–Kier alpha value is -1.46. The van der Waals surface area contributed by atoms with E-state index in [4.69, 9.17) is 0 Å². The second-order valence-corrected chi connectivity index (χ2v) is 5.15. The van der Waals surface area contributed by atoms with Gasteiger partial charge in [0.25, 0.3) is 5.69 Å². The number of likely N-dealkylation sites (tertiary alicyclic amines) is 1. The molecule has 2 atom stereocenters. The van der Waals surface area contributed by atoms with Crippen LogP contribution in [-0.4, -0.2) is 36.0 Å². The van der Waals surface area contributed by atoms with E-state index in [1.54, 1.807) is 18.2 Å². The summed E-state index contributed by atoms with van der Waals surface area (Å²) in [5, 5.41) is 14.2. The molecule has 5 heteroatoms. The topological polar surface area (TPSA) is 58.4 Å². The molecule has 1 aromatic carbocycles. The molecule has 1 saturated heterocycles.